The lowest BCUT2D eigenvalue weighted by Gasteiger charge is -2.22. The first-order valence-electron chi connectivity index (χ1n) is 6.23. The van der Waals surface area contributed by atoms with Gasteiger partial charge in [0.15, 0.2) is 0 Å². The van der Waals surface area contributed by atoms with Gasteiger partial charge in [-0.1, -0.05) is 0 Å². The van der Waals surface area contributed by atoms with Crippen molar-refractivity contribution in [1.82, 2.24) is 9.55 Å². The zero-order valence-corrected chi connectivity index (χ0v) is 10.1. The summed E-state index contributed by atoms with van der Waals surface area (Å²) in [6.07, 6.45) is 2.13. The highest BCUT2D eigenvalue weighted by Gasteiger charge is 2.17. The summed E-state index contributed by atoms with van der Waals surface area (Å²) in [6.45, 7) is 2.17. The molecule has 1 aromatic carbocycles. The number of nitrogens with zero attached hydrogens (tertiary/aromatic N) is 1. The molecule has 5 nitrogen and oxygen atoms in total. The molecule has 5 heteroatoms. The van der Waals surface area contributed by atoms with Crippen molar-refractivity contribution in [2.24, 2.45) is 5.92 Å². The normalized spacial score (nSPS) is 20.3. The van der Waals surface area contributed by atoms with Gasteiger partial charge in [-0.25, -0.2) is 4.79 Å². The van der Waals surface area contributed by atoms with Gasteiger partial charge in [0.2, 0.25) is 0 Å². The highest BCUT2D eigenvalue weighted by atomic mass is 16.5. The Labute approximate surface area is 104 Å². The van der Waals surface area contributed by atoms with Crippen LogP contribution in [-0.4, -0.2) is 27.9 Å². The third-order valence-corrected chi connectivity index (χ3v) is 3.45. The van der Waals surface area contributed by atoms with Crippen LogP contribution in [0.1, 0.15) is 12.8 Å². The summed E-state index contributed by atoms with van der Waals surface area (Å²) in [5.74, 6) is 0.549. The van der Waals surface area contributed by atoms with Gasteiger partial charge in [-0.05, 0) is 25.0 Å². The monoisotopic (exact) mass is 248 g/mol. The lowest BCUT2D eigenvalue weighted by molar-refractivity contribution is 0.0484. The molecule has 0 bridgehead atoms. The van der Waals surface area contributed by atoms with E-state index in [1.807, 2.05) is 0 Å². The number of aromatic amines is 1. The number of H-pyrrole nitrogens is 1. The molecule has 0 amide bonds. The number of hydrogen-bond donors (Lipinski definition) is 2. The minimum absolute atomic E-state index is 0.124. The molecule has 3 rings (SSSR count). The number of fused-ring (bicyclic) bond motifs is 1. The van der Waals surface area contributed by atoms with E-state index in [-0.39, 0.29) is 11.4 Å². The molecular weight excluding hydrogens is 232 g/mol. The van der Waals surface area contributed by atoms with Gasteiger partial charge >= 0.3 is 5.69 Å². The molecule has 18 heavy (non-hydrogen) atoms. The van der Waals surface area contributed by atoms with E-state index < -0.39 is 0 Å². The highest BCUT2D eigenvalue weighted by molar-refractivity contribution is 5.76. The molecule has 0 aliphatic carbocycles. The van der Waals surface area contributed by atoms with Crippen molar-refractivity contribution in [3.8, 4) is 5.75 Å². The summed E-state index contributed by atoms with van der Waals surface area (Å²) >= 11 is 0. The lowest BCUT2D eigenvalue weighted by Crippen LogP contribution is -2.27. The predicted octanol–water partition coefficient (Wildman–Crippen LogP) is 1.46. The molecule has 1 unspecified atom stereocenters. The van der Waals surface area contributed by atoms with Gasteiger partial charge in [-0.2, -0.15) is 0 Å². The first kappa shape index (κ1) is 11.3. The standard InChI is InChI=1S/C13H16N2O3/c16-10-3-4-11-12(6-10)15(13(17)14-11)7-9-2-1-5-18-8-9/h3-4,6,9,16H,1-2,5,7-8H2,(H,14,17). The smallest absolute Gasteiger partial charge is 0.326 e. The number of ether oxygens (including phenoxy) is 1. The van der Waals surface area contributed by atoms with E-state index >= 15 is 0 Å². The molecule has 96 valence electrons. The van der Waals surface area contributed by atoms with Gasteiger partial charge in [0, 0.05) is 25.1 Å². The summed E-state index contributed by atoms with van der Waals surface area (Å²) in [6, 6.07) is 4.92. The van der Waals surface area contributed by atoms with Crippen LogP contribution in [0, 0.1) is 5.92 Å². The number of phenols is 1. The van der Waals surface area contributed by atoms with Crippen LogP contribution in [0.3, 0.4) is 0 Å². The Bertz CT molecular complexity index is 608. The maximum Gasteiger partial charge on any atom is 0.326 e. The summed E-state index contributed by atoms with van der Waals surface area (Å²) in [7, 11) is 0. The van der Waals surface area contributed by atoms with Gasteiger partial charge in [0.1, 0.15) is 5.75 Å². The second-order valence-electron chi connectivity index (χ2n) is 4.83. The van der Waals surface area contributed by atoms with Crippen molar-refractivity contribution in [1.29, 1.82) is 0 Å². The van der Waals surface area contributed by atoms with Crippen molar-refractivity contribution in [2.75, 3.05) is 13.2 Å². The molecule has 1 aliphatic rings. The number of aromatic hydroxyl groups is 1. The van der Waals surface area contributed by atoms with Gasteiger partial charge in [-0.15, -0.1) is 0 Å². The fourth-order valence-corrected chi connectivity index (χ4v) is 2.53. The number of hydrogen-bond acceptors (Lipinski definition) is 3. The third kappa shape index (κ3) is 2.01. The number of imidazole rings is 1. The fourth-order valence-electron chi connectivity index (χ4n) is 2.53. The highest BCUT2D eigenvalue weighted by Crippen LogP contribution is 2.20. The van der Waals surface area contributed by atoms with Crippen molar-refractivity contribution in [2.45, 2.75) is 19.4 Å². The predicted molar refractivity (Wildman–Crippen MR) is 67.8 cm³/mol. The molecular formula is C13H16N2O3. The third-order valence-electron chi connectivity index (χ3n) is 3.45. The Balaban J connectivity index is 1.97. The Hall–Kier alpha value is -1.75. The van der Waals surface area contributed by atoms with E-state index in [2.05, 4.69) is 4.98 Å². The van der Waals surface area contributed by atoms with Crippen molar-refractivity contribution >= 4 is 11.0 Å². The molecule has 2 heterocycles. The van der Waals surface area contributed by atoms with E-state index in [4.69, 9.17) is 4.74 Å². The van der Waals surface area contributed by atoms with Crippen LogP contribution in [0.2, 0.25) is 0 Å². The van der Waals surface area contributed by atoms with E-state index in [0.717, 1.165) is 30.5 Å². The van der Waals surface area contributed by atoms with Crippen molar-refractivity contribution in [3.63, 3.8) is 0 Å². The Kier molecular flexibility index (Phi) is 2.83. The second-order valence-corrected chi connectivity index (χ2v) is 4.83. The van der Waals surface area contributed by atoms with Crippen LogP contribution in [0.25, 0.3) is 11.0 Å². The maximum atomic E-state index is 11.9. The number of benzene rings is 1. The quantitative estimate of drug-likeness (QED) is 0.845. The molecule has 2 N–H and O–H groups in total. The van der Waals surface area contributed by atoms with E-state index in [1.165, 1.54) is 0 Å². The van der Waals surface area contributed by atoms with Gasteiger partial charge < -0.3 is 14.8 Å². The zero-order valence-electron chi connectivity index (χ0n) is 10.1. The van der Waals surface area contributed by atoms with Crippen LogP contribution < -0.4 is 5.69 Å². The van der Waals surface area contributed by atoms with E-state index in [9.17, 15) is 9.90 Å². The molecule has 0 radical (unpaired) electrons. The first-order valence-corrected chi connectivity index (χ1v) is 6.23. The van der Waals surface area contributed by atoms with Crippen LogP contribution in [-0.2, 0) is 11.3 Å². The lowest BCUT2D eigenvalue weighted by atomic mass is 10.0. The SMILES string of the molecule is O=c1[nH]c2ccc(O)cc2n1CC1CCCOC1. The van der Waals surface area contributed by atoms with E-state index in [1.54, 1.807) is 22.8 Å². The molecule has 0 saturated carbocycles. The summed E-state index contributed by atoms with van der Waals surface area (Å²) < 4.78 is 7.12. The van der Waals surface area contributed by atoms with Crippen LogP contribution in [0.15, 0.2) is 23.0 Å². The molecule has 1 aliphatic heterocycles. The number of rotatable bonds is 2. The van der Waals surface area contributed by atoms with E-state index in [0.29, 0.717) is 19.1 Å². The van der Waals surface area contributed by atoms with Gasteiger partial charge in [0.05, 0.1) is 17.6 Å². The average molecular weight is 248 g/mol. The van der Waals surface area contributed by atoms with Crippen LogP contribution in [0.4, 0.5) is 0 Å². The fraction of sp³-hybridized carbons (Fsp3) is 0.462. The second kappa shape index (κ2) is 4.49. The van der Waals surface area contributed by atoms with Gasteiger partial charge in [0.25, 0.3) is 0 Å². The van der Waals surface area contributed by atoms with Gasteiger partial charge in [-0.3, -0.25) is 4.57 Å². The summed E-state index contributed by atoms with van der Waals surface area (Å²) in [5.41, 5.74) is 1.39. The Morgan fingerprint density at radius 3 is 3.17 bits per heavy atom. The number of nitrogens with one attached hydrogen (secondary N) is 1. The minimum atomic E-state index is -0.124. The van der Waals surface area contributed by atoms with Crippen LogP contribution in [0.5, 0.6) is 5.75 Å². The average Bonchev–Trinajstić information content (AvgIpc) is 2.67. The number of phenolic OH excluding ortho intramolecular Hbond substituents is 1. The largest absolute Gasteiger partial charge is 0.508 e. The molecule has 0 spiro atoms. The molecule has 2 aromatic rings. The topological polar surface area (TPSA) is 67.2 Å². The minimum Gasteiger partial charge on any atom is -0.508 e. The molecule has 1 fully saturated rings. The molecule has 1 aromatic heterocycles. The molecule has 1 saturated heterocycles. The summed E-state index contributed by atoms with van der Waals surface area (Å²) in [4.78, 5) is 14.7. The molecule has 1 atom stereocenters. The first-order chi connectivity index (χ1) is 8.74. The maximum absolute atomic E-state index is 11.9. The Morgan fingerprint density at radius 2 is 2.39 bits per heavy atom. The van der Waals surface area contributed by atoms with Crippen molar-refractivity contribution in [3.05, 3.63) is 28.7 Å². The van der Waals surface area contributed by atoms with Crippen LogP contribution >= 0.6 is 0 Å². The van der Waals surface area contributed by atoms with Crippen molar-refractivity contribution < 1.29 is 9.84 Å². The summed E-state index contributed by atoms with van der Waals surface area (Å²) in [5, 5.41) is 9.52. The number of aromatic nitrogens is 2. The Morgan fingerprint density at radius 1 is 1.50 bits per heavy atom. The zero-order chi connectivity index (χ0) is 12.5.